The van der Waals surface area contributed by atoms with Gasteiger partial charge in [0.1, 0.15) is 0 Å². The van der Waals surface area contributed by atoms with E-state index in [0.29, 0.717) is 18.7 Å². The molecular weight excluding hydrogens is 248 g/mol. The number of rotatable bonds is 6. The monoisotopic (exact) mass is 282 g/mol. The van der Waals surface area contributed by atoms with E-state index in [2.05, 4.69) is 24.1 Å². The first-order valence-corrected chi connectivity index (χ1v) is 8.82. The van der Waals surface area contributed by atoms with Crippen molar-refractivity contribution in [1.82, 2.24) is 10.2 Å². The predicted molar refractivity (Wildman–Crippen MR) is 84.9 cm³/mol. The van der Waals surface area contributed by atoms with Crippen LogP contribution in [0.3, 0.4) is 0 Å². The topological polar surface area (TPSA) is 35.5 Å². The van der Waals surface area contributed by atoms with Crippen molar-refractivity contribution < 1.29 is 5.11 Å². The molecular formula is C17H34N2O. The quantitative estimate of drug-likeness (QED) is 0.786. The van der Waals surface area contributed by atoms with Crippen LogP contribution in [0.1, 0.15) is 58.8 Å². The zero-order chi connectivity index (χ0) is 14.4. The molecule has 1 aliphatic heterocycles. The highest BCUT2D eigenvalue weighted by atomic mass is 16.3. The Hall–Kier alpha value is -0.120. The molecule has 0 amide bonds. The van der Waals surface area contributed by atoms with Gasteiger partial charge in [0.25, 0.3) is 0 Å². The van der Waals surface area contributed by atoms with Gasteiger partial charge < -0.3 is 10.4 Å². The van der Waals surface area contributed by atoms with Crippen molar-refractivity contribution in [3.63, 3.8) is 0 Å². The zero-order valence-electron chi connectivity index (χ0n) is 13.5. The molecule has 1 saturated carbocycles. The summed E-state index contributed by atoms with van der Waals surface area (Å²) in [4.78, 5) is 2.69. The van der Waals surface area contributed by atoms with Crippen molar-refractivity contribution >= 4 is 0 Å². The van der Waals surface area contributed by atoms with Gasteiger partial charge >= 0.3 is 0 Å². The molecule has 2 fully saturated rings. The van der Waals surface area contributed by atoms with E-state index in [1.54, 1.807) is 0 Å². The molecule has 0 spiro atoms. The molecule has 0 aromatic carbocycles. The summed E-state index contributed by atoms with van der Waals surface area (Å²) in [6.07, 6.45) is 9.05. The maximum Gasteiger partial charge on any atom is 0.0445 e. The smallest absolute Gasteiger partial charge is 0.0445 e. The molecule has 0 bridgehead atoms. The highest BCUT2D eigenvalue weighted by Gasteiger charge is 2.32. The lowest BCUT2D eigenvalue weighted by Gasteiger charge is -2.42. The average Bonchev–Trinajstić information content (AvgIpc) is 2.44. The Balaban J connectivity index is 1.93. The minimum absolute atomic E-state index is 0.346. The molecule has 1 saturated heterocycles. The molecule has 1 heterocycles. The molecule has 20 heavy (non-hydrogen) atoms. The van der Waals surface area contributed by atoms with Gasteiger partial charge in [-0.2, -0.15) is 0 Å². The van der Waals surface area contributed by atoms with E-state index >= 15 is 0 Å². The Morgan fingerprint density at radius 3 is 2.80 bits per heavy atom. The maximum absolute atomic E-state index is 9.28. The molecule has 2 aliphatic rings. The Kier molecular flexibility index (Phi) is 6.79. The van der Waals surface area contributed by atoms with Gasteiger partial charge in [-0.05, 0) is 63.5 Å². The number of piperidine rings is 1. The number of nitrogens with one attached hydrogen (secondary N) is 1. The molecule has 2 N–H and O–H groups in total. The van der Waals surface area contributed by atoms with E-state index in [0.717, 1.165) is 24.8 Å². The Morgan fingerprint density at radius 1 is 1.20 bits per heavy atom. The molecule has 0 aromatic heterocycles. The number of hydrogen-bond donors (Lipinski definition) is 2. The van der Waals surface area contributed by atoms with Crippen molar-refractivity contribution in [2.24, 2.45) is 11.8 Å². The maximum atomic E-state index is 9.28. The van der Waals surface area contributed by atoms with Crippen molar-refractivity contribution in [3.8, 4) is 0 Å². The fraction of sp³-hybridized carbons (Fsp3) is 1.00. The van der Waals surface area contributed by atoms with Crippen LogP contribution in [0.15, 0.2) is 0 Å². The summed E-state index contributed by atoms with van der Waals surface area (Å²) in [5, 5.41) is 13.0. The molecule has 4 atom stereocenters. The average molecular weight is 282 g/mol. The van der Waals surface area contributed by atoms with Gasteiger partial charge in [0, 0.05) is 25.2 Å². The minimum atomic E-state index is 0.346. The van der Waals surface area contributed by atoms with Crippen molar-refractivity contribution in [3.05, 3.63) is 0 Å². The zero-order valence-corrected chi connectivity index (χ0v) is 13.5. The fourth-order valence-corrected chi connectivity index (χ4v) is 4.31. The number of aliphatic hydroxyl groups is 1. The van der Waals surface area contributed by atoms with Crippen molar-refractivity contribution in [2.45, 2.75) is 70.9 Å². The summed E-state index contributed by atoms with van der Waals surface area (Å²) in [5.74, 6) is 1.69. The summed E-state index contributed by atoms with van der Waals surface area (Å²) in [5.41, 5.74) is 0. The Labute approximate surface area is 125 Å². The third-order valence-corrected chi connectivity index (χ3v) is 5.39. The van der Waals surface area contributed by atoms with E-state index in [1.807, 2.05) is 0 Å². The van der Waals surface area contributed by atoms with Crippen LogP contribution >= 0.6 is 0 Å². The normalized spacial score (nSPS) is 36.1. The van der Waals surface area contributed by atoms with Gasteiger partial charge in [0.05, 0.1) is 0 Å². The SMILES string of the molecule is CCNC1CCC(C)CC1CN1CCCCC1CCO. The van der Waals surface area contributed by atoms with Crippen LogP contribution in [0, 0.1) is 11.8 Å². The van der Waals surface area contributed by atoms with Crippen LogP contribution in [0.5, 0.6) is 0 Å². The summed E-state index contributed by atoms with van der Waals surface area (Å²) >= 11 is 0. The summed E-state index contributed by atoms with van der Waals surface area (Å²) < 4.78 is 0. The van der Waals surface area contributed by atoms with Gasteiger partial charge in [-0.25, -0.2) is 0 Å². The summed E-state index contributed by atoms with van der Waals surface area (Å²) in [6.45, 7) is 8.57. The third kappa shape index (κ3) is 4.44. The van der Waals surface area contributed by atoms with Gasteiger partial charge in [-0.1, -0.05) is 20.3 Å². The largest absolute Gasteiger partial charge is 0.396 e. The second-order valence-corrected chi connectivity index (χ2v) is 7.00. The molecule has 118 valence electrons. The lowest BCUT2D eigenvalue weighted by atomic mass is 9.78. The van der Waals surface area contributed by atoms with Crippen molar-refractivity contribution in [1.29, 1.82) is 0 Å². The lowest BCUT2D eigenvalue weighted by Crippen LogP contribution is -2.49. The van der Waals surface area contributed by atoms with E-state index in [-0.39, 0.29) is 0 Å². The first-order chi connectivity index (χ1) is 9.74. The van der Waals surface area contributed by atoms with E-state index < -0.39 is 0 Å². The summed E-state index contributed by atoms with van der Waals surface area (Å²) in [7, 11) is 0. The fourth-order valence-electron chi connectivity index (χ4n) is 4.31. The first kappa shape index (κ1) is 16.3. The Bertz CT molecular complexity index is 270. The third-order valence-electron chi connectivity index (χ3n) is 5.39. The standard InChI is InChI=1S/C17H34N2O/c1-3-18-17-8-7-14(2)12-15(17)13-19-10-5-4-6-16(19)9-11-20/h14-18,20H,3-13H2,1-2H3. The molecule has 3 nitrogen and oxygen atoms in total. The summed E-state index contributed by atoms with van der Waals surface area (Å²) in [6, 6.07) is 1.35. The van der Waals surface area contributed by atoms with Gasteiger partial charge in [-0.15, -0.1) is 0 Å². The van der Waals surface area contributed by atoms with Gasteiger partial charge in [0.2, 0.25) is 0 Å². The highest BCUT2D eigenvalue weighted by molar-refractivity contribution is 4.88. The van der Waals surface area contributed by atoms with Crippen LogP contribution in [-0.4, -0.2) is 48.3 Å². The molecule has 4 unspecified atom stereocenters. The number of nitrogens with zero attached hydrogens (tertiary/aromatic N) is 1. The van der Waals surface area contributed by atoms with Gasteiger partial charge in [0.15, 0.2) is 0 Å². The first-order valence-electron chi connectivity index (χ1n) is 8.82. The van der Waals surface area contributed by atoms with Crippen LogP contribution < -0.4 is 5.32 Å². The second kappa shape index (κ2) is 8.35. The minimum Gasteiger partial charge on any atom is -0.396 e. The highest BCUT2D eigenvalue weighted by Crippen LogP contribution is 2.31. The van der Waals surface area contributed by atoms with Crippen LogP contribution in [0.25, 0.3) is 0 Å². The molecule has 0 aromatic rings. The lowest BCUT2D eigenvalue weighted by molar-refractivity contribution is 0.0748. The van der Waals surface area contributed by atoms with Crippen molar-refractivity contribution in [2.75, 3.05) is 26.2 Å². The molecule has 0 radical (unpaired) electrons. The molecule has 2 rings (SSSR count). The molecule has 3 heteroatoms. The van der Waals surface area contributed by atoms with Crippen LogP contribution in [0.4, 0.5) is 0 Å². The van der Waals surface area contributed by atoms with E-state index in [1.165, 1.54) is 51.6 Å². The van der Waals surface area contributed by atoms with Crippen LogP contribution in [-0.2, 0) is 0 Å². The number of aliphatic hydroxyl groups excluding tert-OH is 1. The van der Waals surface area contributed by atoms with Crippen LogP contribution in [0.2, 0.25) is 0 Å². The predicted octanol–water partition coefficient (Wildman–Crippen LogP) is 2.64. The van der Waals surface area contributed by atoms with E-state index in [9.17, 15) is 5.11 Å². The number of likely N-dealkylation sites (tertiary alicyclic amines) is 1. The van der Waals surface area contributed by atoms with E-state index in [4.69, 9.17) is 0 Å². The Morgan fingerprint density at radius 2 is 2.05 bits per heavy atom. The number of hydrogen-bond acceptors (Lipinski definition) is 3. The molecule has 1 aliphatic carbocycles. The van der Waals surface area contributed by atoms with Gasteiger partial charge in [-0.3, -0.25) is 4.90 Å². The second-order valence-electron chi connectivity index (χ2n) is 7.00.